The minimum Gasteiger partial charge on any atom is -0.444 e. The Morgan fingerprint density at radius 3 is 2.48 bits per heavy atom. The summed E-state index contributed by atoms with van der Waals surface area (Å²) in [6.45, 7) is 7.59. The Morgan fingerprint density at radius 1 is 1.16 bits per heavy atom. The van der Waals surface area contributed by atoms with E-state index in [9.17, 15) is 24.0 Å². The van der Waals surface area contributed by atoms with E-state index < -0.39 is 35.5 Å². The van der Waals surface area contributed by atoms with Gasteiger partial charge in [-0.2, -0.15) is 0 Å². The van der Waals surface area contributed by atoms with Gasteiger partial charge in [0.25, 0.3) is 11.8 Å². The molecule has 0 radical (unpaired) electrons. The van der Waals surface area contributed by atoms with Crippen molar-refractivity contribution in [2.45, 2.75) is 52.2 Å². The van der Waals surface area contributed by atoms with Gasteiger partial charge in [-0.1, -0.05) is 19.4 Å². The molecule has 10 nitrogen and oxygen atoms in total. The summed E-state index contributed by atoms with van der Waals surface area (Å²) in [6.07, 6.45) is 0.432. The molecule has 3 N–H and O–H groups in total. The fraction of sp³-hybridized carbons (Fsp3) is 0.476. The normalized spacial score (nSPS) is 14.0. The number of nitrogens with one attached hydrogen (secondary N) is 3. The second kappa shape index (κ2) is 10.1. The molecule has 0 spiro atoms. The van der Waals surface area contributed by atoms with E-state index in [0.717, 1.165) is 4.90 Å². The molecule has 0 saturated heterocycles. The van der Waals surface area contributed by atoms with E-state index in [4.69, 9.17) is 4.74 Å². The van der Waals surface area contributed by atoms with Crippen LogP contribution in [0, 0.1) is 0 Å². The molecule has 1 aromatic rings. The van der Waals surface area contributed by atoms with Gasteiger partial charge in [-0.3, -0.25) is 29.4 Å². The fourth-order valence-electron chi connectivity index (χ4n) is 3.21. The van der Waals surface area contributed by atoms with Crippen LogP contribution in [-0.2, 0) is 14.3 Å². The number of fused-ring (bicyclic) bond motifs is 1. The first-order chi connectivity index (χ1) is 14.6. The summed E-state index contributed by atoms with van der Waals surface area (Å²) in [7, 11) is 0. The minimum absolute atomic E-state index is 0.157. The van der Waals surface area contributed by atoms with Crippen LogP contribution in [0.15, 0.2) is 18.2 Å². The van der Waals surface area contributed by atoms with Gasteiger partial charge in [0.2, 0.25) is 12.3 Å². The summed E-state index contributed by atoms with van der Waals surface area (Å²) in [5, 5.41) is 7.66. The Hall–Kier alpha value is -3.43. The molecule has 1 aromatic carbocycles. The minimum atomic E-state index is -1.08. The van der Waals surface area contributed by atoms with Gasteiger partial charge in [0.05, 0.1) is 11.1 Å². The molecule has 168 valence electrons. The van der Waals surface area contributed by atoms with E-state index in [0.29, 0.717) is 12.1 Å². The van der Waals surface area contributed by atoms with E-state index in [2.05, 4.69) is 10.6 Å². The van der Waals surface area contributed by atoms with Crippen LogP contribution in [0.2, 0.25) is 0 Å². The first-order valence-electron chi connectivity index (χ1n) is 10.1. The predicted molar refractivity (Wildman–Crippen MR) is 113 cm³/mol. The summed E-state index contributed by atoms with van der Waals surface area (Å²) < 4.78 is 5.15. The summed E-state index contributed by atoms with van der Waals surface area (Å²) in [5.74, 6) is -1.90. The zero-order chi connectivity index (χ0) is 23.2. The van der Waals surface area contributed by atoms with Crippen molar-refractivity contribution >= 4 is 35.9 Å². The Bertz CT molecular complexity index is 877. The molecule has 0 bridgehead atoms. The highest BCUT2D eigenvalue weighted by molar-refractivity contribution is 6.25. The Morgan fingerprint density at radius 2 is 1.87 bits per heavy atom. The molecule has 1 atom stereocenters. The van der Waals surface area contributed by atoms with Crippen LogP contribution >= 0.6 is 0 Å². The molecule has 0 fully saturated rings. The number of hydrogen-bond acceptors (Lipinski definition) is 7. The third-order valence-corrected chi connectivity index (χ3v) is 4.43. The molecule has 5 amide bonds. The zero-order valence-electron chi connectivity index (χ0n) is 18.1. The second-order valence-electron chi connectivity index (χ2n) is 7.99. The number of imide groups is 2. The molecule has 2 rings (SSSR count). The van der Waals surface area contributed by atoms with Crippen LogP contribution in [0.3, 0.4) is 0 Å². The molecular weight excluding hydrogens is 404 g/mol. The standard InChI is InChI=1S/C21H28N4O6/c1-5-7-15(17(27)24-12-26)25-18(28)13-8-6-9-14(16(13)19(25)29)22-10-11-23-20(30)31-21(2,3)4/h6,8-9,12,15,22H,5,7,10-11H2,1-4H3,(H,23,30)(H,24,26,27). The van der Waals surface area contributed by atoms with Crippen molar-refractivity contribution in [3.8, 4) is 0 Å². The highest BCUT2D eigenvalue weighted by Gasteiger charge is 2.43. The molecule has 0 aliphatic carbocycles. The number of carbonyl (C=O) groups excluding carboxylic acids is 5. The van der Waals surface area contributed by atoms with Crippen LogP contribution in [0.25, 0.3) is 0 Å². The van der Waals surface area contributed by atoms with Gasteiger partial charge in [-0.05, 0) is 39.3 Å². The smallest absolute Gasteiger partial charge is 0.407 e. The summed E-state index contributed by atoms with van der Waals surface area (Å²) in [4.78, 5) is 61.5. The number of carbonyl (C=O) groups is 5. The lowest BCUT2D eigenvalue weighted by Gasteiger charge is -2.24. The Kier molecular flexibility index (Phi) is 7.73. The molecule has 1 unspecified atom stereocenters. The average molecular weight is 432 g/mol. The number of anilines is 1. The van der Waals surface area contributed by atoms with E-state index in [1.807, 2.05) is 12.2 Å². The monoisotopic (exact) mass is 432 g/mol. The number of ether oxygens (including phenoxy) is 1. The van der Waals surface area contributed by atoms with Gasteiger partial charge in [-0.25, -0.2) is 4.79 Å². The molecule has 1 aliphatic rings. The molecule has 10 heteroatoms. The third kappa shape index (κ3) is 5.80. The van der Waals surface area contributed by atoms with Gasteiger partial charge in [0, 0.05) is 18.8 Å². The van der Waals surface area contributed by atoms with Gasteiger partial charge in [0.1, 0.15) is 11.6 Å². The topological polar surface area (TPSA) is 134 Å². The van der Waals surface area contributed by atoms with Gasteiger partial charge in [-0.15, -0.1) is 0 Å². The quantitative estimate of drug-likeness (QED) is 0.307. The number of nitrogens with zero attached hydrogens (tertiary/aromatic N) is 1. The maximum atomic E-state index is 13.1. The van der Waals surface area contributed by atoms with Crippen LogP contribution in [0.1, 0.15) is 61.3 Å². The third-order valence-electron chi connectivity index (χ3n) is 4.43. The van der Waals surface area contributed by atoms with Crippen molar-refractivity contribution in [2.24, 2.45) is 0 Å². The van der Waals surface area contributed by atoms with Crippen molar-refractivity contribution < 1.29 is 28.7 Å². The zero-order valence-corrected chi connectivity index (χ0v) is 18.1. The van der Waals surface area contributed by atoms with Gasteiger partial charge >= 0.3 is 6.09 Å². The van der Waals surface area contributed by atoms with Crippen molar-refractivity contribution in [1.82, 2.24) is 15.5 Å². The SMILES string of the molecule is CCCC(C(=O)NC=O)N1C(=O)c2cccc(NCCNC(=O)OC(C)(C)C)c2C1=O. The highest BCUT2D eigenvalue weighted by Crippen LogP contribution is 2.31. The maximum Gasteiger partial charge on any atom is 0.407 e. The first kappa shape index (κ1) is 23.8. The van der Waals surface area contributed by atoms with Gasteiger partial charge < -0.3 is 15.4 Å². The predicted octanol–water partition coefficient (Wildman–Crippen LogP) is 1.66. The van der Waals surface area contributed by atoms with Crippen molar-refractivity contribution in [3.63, 3.8) is 0 Å². The van der Waals surface area contributed by atoms with E-state index in [1.165, 1.54) is 6.07 Å². The molecule has 1 aliphatic heterocycles. The number of hydrogen-bond donors (Lipinski definition) is 3. The maximum absolute atomic E-state index is 13.1. The van der Waals surface area contributed by atoms with Crippen molar-refractivity contribution in [2.75, 3.05) is 18.4 Å². The van der Waals surface area contributed by atoms with Crippen molar-refractivity contribution in [3.05, 3.63) is 29.3 Å². The molecule has 31 heavy (non-hydrogen) atoms. The van der Waals surface area contributed by atoms with E-state index in [1.54, 1.807) is 32.9 Å². The largest absolute Gasteiger partial charge is 0.444 e. The van der Waals surface area contributed by atoms with Crippen molar-refractivity contribution in [1.29, 1.82) is 0 Å². The van der Waals surface area contributed by atoms with Crippen LogP contribution < -0.4 is 16.0 Å². The van der Waals surface area contributed by atoms with Crippen LogP contribution in [0.4, 0.5) is 10.5 Å². The summed E-state index contributed by atoms with van der Waals surface area (Å²) in [6, 6.07) is 3.70. The Balaban J connectivity index is 2.12. The second-order valence-corrected chi connectivity index (χ2v) is 7.99. The molecular formula is C21H28N4O6. The molecule has 0 aromatic heterocycles. The van der Waals surface area contributed by atoms with Crippen LogP contribution in [-0.4, -0.2) is 59.9 Å². The lowest BCUT2D eigenvalue weighted by Crippen LogP contribution is -2.49. The lowest BCUT2D eigenvalue weighted by atomic mass is 10.1. The Labute approximate surface area is 180 Å². The number of amides is 5. The van der Waals surface area contributed by atoms with E-state index in [-0.39, 0.29) is 37.0 Å². The lowest BCUT2D eigenvalue weighted by molar-refractivity contribution is -0.128. The summed E-state index contributed by atoms with van der Waals surface area (Å²) in [5.41, 5.74) is 0.134. The molecule has 1 heterocycles. The average Bonchev–Trinajstić information content (AvgIpc) is 2.93. The highest BCUT2D eigenvalue weighted by atomic mass is 16.6. The van der Waals surface area contributed by atoms with Gasteiger partial charge in [0.15, 0.2) is 0 Å². The number of alkyl carbamates (subject to hydrolysis) is 1. The summed E-state index contributed by atoms with van der Waals surface area (Å²) >= 11 is 0. The van der Waals surface area contributed by atoms with Crippen LogP contribution in [0.5, 0.6) is 0 Å². The molecule has 0 saturated carbocycles. The number of benzene rings is 1. The first-order valence-corrected chi connectivity index (χ1v) is 10.1. The fourth-order valence-corrected chi connectivity index (χ4v) is 3.21. The number of rotatable bonds is 9. The van der Waals surface area contributed by atoms with E-state index >= 15 is 0 Å².